The summed E-state index contributed by atoms with van der Waals surface area (Å²) in [6.45, 7) is 1.70. The third-order valence-corrected chi connectivity index (χ3v) is 6.24. The zero-order valence-corrected chi connectivity index (χ0v) is 18.8. The van der Waals surface area contributed by atoms with Crippen LogP contribution in [0.5, 0.6) is 5.75 Å². The van der Waals surface area contributed by atoms with Gasteiger partial charge in [0.25, 0.3) is 11.2 Å². The molecule has 0 bridgehead atoms. The molecule has 0 N–H and O–H groups in total. The van der Waals surface area contributed by atoms with Crippen LogP contribution in [0, 0.1) is 10.1 Å². The van der Waals surface area contributed by atoms with Crippen molar-refractivity contribution in [2.45, 2.75) is 13.0 Å². The van der Waals surface area contributed by atoms with Gasteiger partial charge in [0.2, 0.25) is 0 Å². The van der Waals surface area contributed by atoms with Crippen molar-refractivity contribution in [2.75, 3.05) is 14.2 Å². The number of non-ortho nitro benzene ring substituents is 1. The molecule has 0 saturated carbocycles. The zero-order chi connectivity index (χ0) is 23.7. The van der Waals surface area contributed by atoms with E-state index in [0.29, 0.717) is 31.9 Å². The Bertz CT molecular complexity index is 1450. The lowest BCUT2D eigenvalue weighted by Gasteiger charge is -2.24. The Kier molecular flexibility index (Phi) is 5.93. The number of hydrogen-bond acceptors (Lipinski definition) is 8. The van der Waals surface area contributed by atoms with E-state index in [1.165, 1.54) is 35.1 Å². The summed E-state index contributed by atoms with van der Waals surface area (Å²) >= 11 is 1.18. The topological polar surface area (TPSA) is 113 Å². The van der Waals surface area contributed by atoms with Crippen LogP contribution in [0.15, 0.2) is 69.6 Å². The number of rotatable bonds is 5. The molecule has 1 aromatic heterocycles. The number of methoxy groups -OCH3 is 2. The predicted molar refractivity (Wildman–Crippen MR) is 122 cm³/mol. The molecular weight excluding hydrogens is 446 g/mol. The molecule has 0 aliphatic carbocycles. The molecular formula is C23H19N3O6S. The Balaban J connectivity index is 1.90. The van der Waals surface area contributed by atoms with E-state index in [0.717, 1.165) is 0 Å². The van der Waals surface area contributed by atoms with Gasteiger partial charge in [0.05, 0.1) is 41.0 Å². The highest BCUT2D eigenvalue weighted by Crippen LogP contribution is 2.31. The maximum atomic E-state index is 13.4. The second kappa shape index (κ2) is 8.83. The smallest absolute Gasteiger partial charge is 0.338 e. The minimum absolute atomic E-state index is 0.0357. The first-order valence-corrected chi connectivity index (χ1v) is 10.6. The van der Waals surface area contributed by atoms with Gasteiger partial charge >= 0.3 is 5.97 Å². The fraction of sp³-hybridized carbons (Fsp3) is 0.174. The number of hydrogen-bond donors (Lipinski definition) is 0. The van der Waals surface area contributed by atoms with Crippen molar-refractivity contribution in [1.29, 1.82) is 0 Å². The number of carbonyl (C=O) groups excluding carboxylic acids is 1. The molecule has 1 aliphatic heterocycles. The van der Waals surface area contributed by atoms with E-state index >= 15 is 0 Å². The summed E-state index contributed by atoms with van der Waals surface area (Å²) in [6, 6.07) is 12.3. The molecule has 0 saturated heterocycles. The number of nitrogens with zero attached hydrogens (tertiary/aromatic N) is 3. The number of nitro benzene ring substituents is 1. The number of allylic oxidation sites excluding steroid dienone is 1. The van der Waals surface area contributed by atoms with Crippen LogP contribution < -0.4 is 19.6 Å². The lowest BCUT2D eigenvalue weighted by atomic mass is 9.96. The van der Waals surface area contributed by atoms with Gasteiger partial charge < -0.3 is 9.47 Å². The molecule has 0 fully saturated rings. The van der Waals surface area contributed by atoms with Gasteiger partial charge in [-0.25, -0.2) is 9.79 Å². The minimum atomic E-state index is -0.724. The van der Waals surface area contributed by atoms with Crippen molar-refractivity contribution in [3.05, 3.63) is 101 Å². The maximum Gasteiger partial charge on any atom is 0.338 e. The number of benzene rings is 2. The number of thiazole rings is 1. The summed E-state index contributed by atoms with van der Waals surface area (Å²) < 4.78 is 12.1. The second-order valence-corrected chi connectivity index (χ2v) is 8.20. The third-order valence-electron chi connectivity index (χ3n) is 5.26. The highest BCUT2D eigenvalue weighted by atomic mass is 32.1. The van der Waals surface area contributed by atoms with E-state index < -0.39 is 16.9 Å². The molecule has 33 heavy (non-hydrogen) atoms. The molecule has 4 rings (SSSR count). The van der Waals surface area contributed by atoms with Gasteiger partial charge in [-0.15, -0.1) is 0 Å². The number of aromatic nitrogens is 1. The Labute approximate surface area is 191 Å². The molecule has 0 amide bonds. The molecule has 168 valence electrons. The van der Waals surface area contributed by atoms with Crippen molar-refractivity contribution in [3.8, 4) is 5.75 Å². The summed E-state index contributed by atoms with van der Waals surface area (Å²) in [5.74, 6) is 0.0753. The summed E-state index contributed by atoms with van der Waals surface area (Å²) in [4.78, 5) is 41.4. The first-order valence-electron chi connectivity index (χ1n) is 9.83. The van der Waals surface area contributed by atoms with Crippen LogP contribution in [0.2, 0.25) is 0 Å². The van der Waals surface area contributed by atoms with Crippen molar-refractivity contribution < 1.29 is 19.2 Å². The SMILES string of the molecule is COC(=O)C1=C(C)N=c2s/c(=C\c3ccc([N+](=O)[O-])cc3)c(=O)n2[C@@H]1c1ccc(OC)cc1. The molecule has 1 aliphatic rings. The molecule has 1 atom stereocenters. The van der Waals surface area contributed by atoms with Crippen molar-refractivity contribution in [1.82, 2.24) is 4.57 Å². The average Bonchev–Trinajstić information content (AvgIpc) is 3.12. The standard InChI is InChI=1S/C23H19N3O6S/c1-13-19(22(28)32-3)20(15-6-10-17(31-2)11-7-15)25-21(27)18(33-23(25)24-13)12-14-4-8-16(9-5-14)26(29)30/h4-12,20H,1-3H3/b18-12-/t20-/m1/s1. The van der Waals surface area contributed by atoms with Gasteiger partial charge in [0, 0.05) is 12.1 Å². The third kappa shape index (κ3) is 4.08. The summed E-state index contributed by atoms with van der Waals surface area (Å²) in [5, 5.41) is 10.9. The first kappa shape index (κ1) is 22.2. The molecule has 0 radical (unpaired) electrons. The van der Waals surface area contributed by atoms with Crippen molar-refractivity contribution >= 4 is 29.1 Å². The fourth-order valence-electron chi connectivity index (χ4n) is 3.64. The Morgan fingerprint density at radius 2 is 1.82 bits per heavy atom. The normalized spacial score (nSPS) is 15.6. The number of fused-ring (bicyclic) bond motifs is 1. The van der Waals surface area contributed by atoms with Crippen LogP contribution in [0.4, 0.5) is 5.69 Å². The van der Waals surface area contributed by atoms with Gasteiger partial charge in [-0.3, -0.25) is 19.5 Å². The van der Waals surface area contributed by atoms with Gasteiger partial charge in [0.15, 0.2) is 4.80 Å². The molecule has 0 spiro atoms. The van der Waals surface area contributed by atoms with Crippen LogP contribution in [-0.2, 0) is 9.53 Å². The van der Waals surface area contributed by atoms with Crippen molar-refractivity contribution in [3.63, 3.8) is 0 Å². The minimum Gasteiger partial charge on any atom is -0.497 e. The second-order valence-electron chi connectivity index (χ2n) is 7.20. The van der Waals surface area contributed by atoms with E-state index in [4.69, 9.17) is 9.47 Å². The average molecular weight is 465 g/mol. The van der Waals surface area contributed by atoms with Gasteiger partial charge in [-0.05, 0) is 48.4 Å². The van der Waals surface area contributed by atoms with Crippen LogP contribution in [-0.4, -0.2) is 29.7 Å². The van der Waals surface area contributed by atoms with Crippen LogP contribution in [0.25, 0.3) is 6.08 Å². The zero-order valence-electron chi connectivity index (χ0n) is 18.0. The Hall–Kier alpha value is -4.05. The Morgan fingerprint density at radius 1 is 1.15 bits per heavy atom. The van der Waals surface area contributed by atoms with E-state index in [1.807, 2.05) is 0 Å². The van der Waals surface area contributed by atoms with E-state index in [1.54, 1.807) is 56.5 Å². The lowest BCUT2D eigenvalue weighted by Crippen LogP contribution is -2.39. The lowest BCUT2D eigenvalue weighted by molar-refractivity contribution is -0.384. The van der Waals surface area contributed by atoms with Crippen LogP contribution in [0.3, 0.4) is 0 Å². The summed E-state index contributed by atoms with van der Waals surface area (Å²) in [5.41, 5.74) is 1.71. The highest BCUT2D eigenvalue weighted by Gasteiger charge is 2.33. The molecule has 0 unspecified atom stereocenters. The van der Waals surface area contributed by atoms with Crippen molar-refractivity contribution in [2.24, 2.45) is 4.99 Å². The van der Waals surface area contributed by atoms with E-state index in [2.05, 4.69) is 4.99 Å². The summed E-state index contributed by atoms with van der Waals surface area (Å²) in [6.07, 6.45) is 1.65. The number of esters is 1. The first-order chi connectivity index (χ1) is 15.8. The number of carbonyl (C=O) groups is 1. The molecule has 10 heteroatoms. The van der Waals surface area contributed by atoms with Gasteiger partial charge in [-0.1, -0.05) is 23.5 Å². The maximum absolute atomic E-state index is 13.4. The predicted octanol–water partition coefficient (Wildman–Crippen LogP) is 2.33. The monoisotopic (exact) mass is 465 g/mol. The van der Waals surface area contributed by atoms with Gasteiger partial charge in [0.1, 0.15) is 5.75 Å². The highest BCUT2D eigenvalue weighted by molar-refractivity contribution is 7.07. The van der Waals surface area contributed by atoms with Gasteiger partial charge in [-0.2, -0.15) is 0 Å². The number of nitro groups is 1. The molecule has 2 heterocycles. The largest absolute Gasteiger partial charge is 0.497 e. The van der Waals surface area contributed by atoms with Crippen LogP contribution in [0.1, 0.15) is 24.1 Å². The summed E-state index contributed by atoms with van der Waals surface area (Å²) in [7, 11) is 2.84. The Morgan fingerprint density at radius 3 is 2.39 bits per heavy atom. The number of ether oxygens (including phenoxy) is 2. The van der Waals surface area contributed by atoms with E-state index in [-0.39, 0.29) is 16.8 Å². The van der Waals surface area contributed by atoms with Crippen LogP contribution >= 0.6 is 11.3 Å². The fourth-order valence-corrected chi connectivity index (χ4v) is 4.68. The molecule has 9 nitrogen and oxygen atoms in total. The van der Waals surface area contributed by atoms with E-state index in [9.17, 15) is 19.7 Å². The molecule has 2 aromatic carbocycles. The quantitative estimate of drug-likeness (QED) is 0.325. The molecule has 3 aromatic rings.